The van der Waals surface area contributed by atoms with Crippen LogP contribution in [0.4, 0.5) is 0 Å². The van der Waals surface area contributed by atoms with Gasteiger partial charge in [0, 0.05) is 42.1 Å². The molecule has 158 valence electrons. The first-order valence-corrected chi connectivity index (χ1v) is 10.5. The molecule has 0 aliphatic carbocycles. The van der Waals surface area contributed by atoms with Crippen LogP contribution in [0.1, 0.15) is 50.2 Å². The summed E-state index contributed by atoms with van der Waals surface area (Å²) in [5, 5.41) is 0.511. The topological polar surface area (TPSA) is 45.6 Å². The highest BCUT2D eigenvalue weighted by molar-refractivity contribution is 6.31. The number of amides is 2. The van der Waals surface area contributed by atoms with Gasteiger partial charge in [-0.25, -0.2) is 0 Å². The molecule has 2 amide bonds. The third-order valence-electron chi connectivity index (χ3n) is 5.10. The minimum absolute atomic E-state index is 0.0458. The number of rotatable bonds is 9. The summed E-state index contributed by atoms with van der Waals surface area (Å²) in [6.45, 7) is 9.40. The first kappa shape index (κ1) is 23.0. The Morgan fingerprint density at radius 2 is 1.86 bits per heavy atom. The molecular formula is C23H32ClN3O2. The predicted octanol–water partition coefficient (Wildman–Crippen LogP) is 4.60. The molecule has 1 aromatic heterocycles. The molecule has 5 nitrogen and oxygen atoms in total. The van der Waals surface area contributed by atoms with E-state index in [0.29, 0.717) is 29.6 Å². The molecule has 0 aliphatic heterocycles. The van der Waals surface area contributed by atoms with Crippen LogP contribution in [0.3, 0.4) is 0 Å². The molecule has 1 heterocycles. The van der Waals surface area contributed by atoms with Crippen LogP contribution in [0.15, 0.2) is 42.6 Å². The lowest BCUT2D eigenvalue weighted by atomic mass is 10.1. The number of benzene rings is 1. The second kappa shape index (κ2) is 10.5. The van der Waals surface area contributed by atoms with Gasteiger partial charge in [-0.05, 0) is 49.6 Å². The van der Waals surface area contributed by atoms with Gasteiger partial charge in [-0.2, -0.15) is 0 Å². The predicted molar refractivity (Wildman–Crippen MR) is 118 cm³/mol. The van der Waals surface area contributed by atoms with Crippen LogP contribution in [0.25, 0.3) is 0 Å². The molecule has 0 aliphatic rings. The lowest BCUT2D eigenvalue weighted by molar-refractivity contribution is -0.133. The monoisotopic (exact) mass is 417 g/mol. The van der Waals surface area contributed by atoms with Crippen molar-refractivity contribution in [2.24, 2.45) is 13.0 Å². The third kappa shape index (κ3) is 6.36. The van der Waals surface area contributed by atoms with Crippen molar-refractivity contribution in [2.75, 3.05) is 13.1 Å². The number of aromatic nitrogens is 1. The van der Waals surface area contributed by atoms with Crippen molar-refractivity contribution < 1.29 is 9.59 Å². The third-order valence-corrected chi connectivity index (χ3v) is 5.34. The molecule has 0 saturated heterocycles. The average molecular weight is 418 g/mol. The standard InChI is InChI=1S/C23H32ClN3O2/c1-6-18(4)27(23(29)19-9-7-10-20(24)13-19)16-22(28)26(14-17(2)3)15-21-11-8-12-25(21)5/h7-13,17-18H,6,14-16H2,1-5H3. The molecule has 1 unspecified atom stereocenters. The summed E-state index contributed by atoms with van der Waals surface area (Å²) >= 11 is 6.07. The van der Waals surface area contributed by atoms with Crippen LogP contribution >= 0.6 is 11.6 Å². The molecule has 29 heavy (non-hydrogen) atoms. The van der Waals surface area contributed by atoms with Gasteiger partial charge < -0.3 is 14.4 Å². The molecule has 0 saturated carbocycles. The molecule has 0 fully saturated rings. The lowest BCUT2D eigenvalue weighted by Crippen LogP contribution is -2.47. The van der Waals surface area contributed by atoms with Gasteiger partial charge in [0.05, 0.1) is 6.54 Å². The Morgan fingerprint density at radius 3 is 2.41 bits per heavy atom. The van der Waals surface area contributed by atoms with Gasteiger partial charge in [0.1, 0.15) is 6.54 Å². The zero-order chi connectivity index (χ0) is 21.6. The molecule has 0 N–H and O–H groups in total. The van der Waals surface area contributed by atoms with Crippen LogP contribution in [0, 0.1) is 5.92 Å². The maximum atomic E-state index is 13.2. The van der Waals surface area contributed by atoms with E-state index >= 15 is 0 Å². The highest BCUT2D eigenvalue weighted by atomic mass is 35.5. The largest absolute Gasteiger partial charge is 0.353 e. The Hall–Kier alpha value is -2.27. The number of carbonyl (C=O) groups is 2. The quantitative estimate of drug-likeness (QED) is 0.598. The first-order valence-electron chi connectivity index (χ1n) is 10.2. The van der Waals surface area contributed by atoms with Crippen LogP contribution in [-0.2, 0) is 18.4 Å². The van der Waals surface area contributed by atoms with E-state index in [1.807, 2.05) is 48.7 Å². The summed E-state index contributed by atoms with van der Waals surface area (Å²) in [6.07, 6.45) is 2.74. The Morgan fingerprint density at radius 1 is 1.14 bits per heavy atom. The number of carbonyl (C=O) groups excluding carboxylic acids is 2. The molecule has 0 radical (unpaired) electrons. The zero-order valence-corrected chi connectivity index (χ0v) is 18.8. The molecule has 0 bridgehead atoms. The van der Waals surface area contributed by atoms with Crippen LogP contribution < -0.4 is 0 Å². The highest BCUT2D eigenvalue weighted by Gasteiger charge is 2.26. The minimum Gasteiger partial charge on any atom is -0.353 e. The fourth-order valence-corrected chi connectivity index (χ4v) is 3.42. The molecule has 1 aromatic carbocycles. The highest BCUT2D eigenvalue weighted by Crippen LogP contribution is 2.17. The van der Waals surface area contributed by atoms with Crippen LogP contribution in [0.5, 0.6) is 0 Å². The first-order chi connectivity index (χ1) is 13.7. The van der Waals surface area contributed by atoms with E-state index in [1.54, 1.807) is 29.2 Å². The van der Waals surface area contributed by atoms with E-state index in [4.69, 9.17) is 11.6 Å². The summed E-state index contributed by atoms with van der Waals surface area (Å²) in [5.41, 5.74) is 1.57. The maximum Gasteiger partial charge on any atom is 0.254 e. The van der Waals surface area contributed by atoms with Gasteiger partial charge in [-0.15, -0.1) is 0 Å². The van der Waals surface area contributed by atoms with E-state index in [0.717, 1.165) is 12.1 Å². The fourth-order valence-electron chi connectivity index (χ4n) is 3.23. The molecule has 0 spiro atoms. The van der Waals surface area contributed by atoms with Crippen molar-refractivity contribution in [3.8, 4) is 0 Å². The number of hydrogen-bond donors (Lipinski definition) is 0. The van der Waals surface area contributed by atoms with E-state index in [9.17, 15) is 9.59 Å². The fraction of sp³-hybridized carbons (Fsp3) is 0.478. The van der Waals surface area contributed by atoms with Crippen molar-refractivity contribution in [3.05, 3.63) is 58.9 Å². The number of aryl methyl sites for hydroxylation is 1. The second-order valence-corrected chi connectivity index (χ2v) is 8.42. The second-order valence-electron chi connectivity index (χ2n) is 7.98. The number of nitrogens with zero attached hydrogens (tertiary/aromatic N) is 3. The zero-order valence-electron chi connectivity index (χ0n) is 18.1. The Balaban J connectivity index is 2.23. The Bertz CT molecular complexity index is 831. The minimum atomic E-state index is -0.168. The van der Waals surface area contributed by atoms with E-state index in [2.05, 4.69) is 13.8 Å². The van der Waals surface area contributed by atoms with Crippen molar-refractivity contribution in [1.82, 2.24) is 14.4 Å². The molecular weight excluding hydrogens is 386 g/mol. The maximum absolute atomic E-state index is 13.2. The van der Waals surface area contributed by atoms with Gasteiger partial charge >= 0.3 is 0 Å². The van der Waals surface area contributed by atoms with Crippen LogP contribution in [-0.4, -0.2) is 45.3 Å². The summed E-state index contributed by atoms with van der Waals surface area (Å²) in [5.74, 6) is 0.119. The van der Waals surface area contributed by atoms with Crippen molar-refractivity contribution in [3.63, 3.8) is 0 Å². The lowest BCUT2D eigenvalue weighted by Gasteiger charge is -2.32. The summed E-state index contributed by atoms with van der Waals surface area (Å²) < 4.78 is 2.02. The summed E-state index contributed by atoms with van der Waals surface area (Å²) in [4.78, 5) is 29.9. The van der Waals surface area contributed by atoms with Crippen LogP contribution in [0.2, 0.25) is 5.02 Å². The molecule has 6 heteroatoms. The summed E-state index contributed by atoms with van der Waals surface area (Å²) in [7, 11) is 1.97. The molecule has 2 aromatic rings. The SMILES string of the molecule is CCC(C)N(CC(=O)N(Cc1cccn1C)CC(C)C)C(=O)c1cccc(Cl)c1. The van der Waals surface area contributed by atoms with Gasteiger partial charge in [0.25, 0.3) is 5.91 Å². The van der Waals surface area contributed by atoms with Gasteiger partial charge in [0.2, 0.25) is 5.91 Å². The van der Waals surface area contributed by atoms with Gasteiger partial charge in [0.15, 0.2) is 0 Å². The van der Waals surface area contributed by atoms with Gasteiger partial charge in [-0.3, -0.25) is 9.59 Å². The Labute approximate surface area is 179 Å². The number of halogens is 1. The van der Waals surface area contributed by atoms with Crippen molar-refractivity contribution >= 4 is 23.4 Å². The molecule has 1 atom stereocenters. The normalized spacial score (nSPS) is 12.1. The Kier molecular flexibility index (Phi) is 8.32. The van der Waals surface area contributed by atoms with Crippen molar-refractivity contribution in [1.29, 1.82) is 0 Å². The average Bonchev–Trinajstić information content (AvgIpc) is 3.08. The van der Waals surface area contributed by atoms with E-state index < -0.39 is 0 Å². The van der Waals surface area contributed by atoms with Crippen molar-refractivity contribution in [2.45, 2.75) is 46.7 Å². The smallest absolute Gasteiger partial charge is 0.254 e. The number of hydrogen-bond acceptors (Lipinski definition) is 2. The summed E-state index contributed by atoms with van der Waals surface area (Å²) in [6, 6.07) is 10.8. The molecule has 2 rings (SSSR count). The van der Waals surface area contributed by atoms with E-state index in [-0.39, 0.29) is 24.4 Å². The van der Waals surface area contributed by atoms with E-state index in [1.165, 1.54) is 0 Å². The van der Waals surface area contributed by atoms with Gasteiger partial charge in [-0.1, -0.05) is 38.4 Å².